The lowest BCUT2D eigenvalue weighted by Crippen LogP contribution is -2.45. The molecular formula is C25H23NO4S. The number of benzene rings is 3. The molecule has 158 valence electrons. The van der Waals surface area contributed by atoms with Crippen molar-refractivity contribution in [3.63, 3.8) is 0 Å². The number of carbonyl (C=O) groups is 1. The molecule has 2 heterocycles. The third kappa shape index (κ3) is 3.56. The van der Waals surface area contributed by atoms with Crippen molar-refractivity contribution in [2.45, 2.75) is 30.3 Å². The second-order valence-corrected chi connectivity index (χ2v) is 10.3. The van der Waals surface area contributed by atoms with E-state index in [-0.39, 0.29) is 23.6 Å². The normalized spacial score (nSPS) is 21.1. The molecule has 2 aliphatic heterocycles. The van der Waals surface area contributed by atoms with E-state index in [1.165, 1.54) is 9.87 Å². The number of nitrogens with zero attached hydrogens (tertiary/aromatic N) is 1. The molecular weight excluding hydrogens is 410 g/mol. The van der Waals surface area contributed by atoms with Crippen LogP contribution in [0.3, 0.4) is 0 Å². The molecule has 0 radical (unpaired) electrons. The maximum absolute atomic E-state index is 13.3. The summed E-state index contributed by atoms with van der Waals surface area (Å²) in [6, 6.07) is 22.2. The molecule has 0 aliphatic carbocycles. The van der Waals surface area contributed by atoms with Gasteiger partial charge in [-0.3, -0.25) is 4.79 Å². The Hall–Kier alpha value is -2.96. The summed E-state index contributed by atoms with van der Waals surface area (Å²) < 4.78 is 34.1. The maximum Gasteiger partial charge on any atom is 0.243 e. The van der Waals surface area contributed by atoms with Gasteiger partial charge in [-0.1, -0.05) is 54.1 Å². The lowest BCUT2D eigenvalue weighted by Gasteiger charge is -2.34. The molecule has 0 amide bonds. The van der Waals surface area contributed by atoms with Crippen molar-refractivity contribution in [2.75, 3.05) is 13.1 Å². The minimum Gasteiger partial charge on any atom is -0.485 e. The van der Waals surface area contributed by atoms with Gasteiger partial charge in [0.1, 0.15) is 11.4 Å². The molecule has 0 saturated carbocycles. The summed E-state index contributed by atoms with van der Waals surface area (Å²) in [6.45, 7) is 2.54. The van der Waals surface area contributed by atoms with Gasteiger partial charge < -0.3 is 4.74 Å². The summed E-state index contributed by atoms with van der Waals surface area (Å²) in [5.41, 5.74) is 2.97. The lowest BCUT2D eigenvalue weighted by atomic mass is 9.89. The molecule has 1 saturated heterocycles. The van der Waals surface area contributed by atoms with Crippen molar-refractivity contribution in [1.82, 2.24) is 4.31 Å². The first-order valence-electron chi connectivity index (χ1n) is 10.3. The maximum atomic E-state index is 13.3. The van der Waals surface area contributed by atoms with Crippen LogP contribution in [0, 0.1) is 6.92 Å². The second-order valence-electron chi connectivity index (χ2n) is 8.36. The van der Waals surface area contributed by atoms with Crippen LogP contribution in [0.25, 0.3) is 11.1 Å². The third-order valence-electron chi connectivity index (χ3n) is 6.15. The van der Waals surface area contributed by atoms with E-state index in [1.54, 1.807) is 24.3 Å². The molecule has 1 spiro atoms. The van der Waals surface area contributed by atoms with Crippen LogP contribution in [0.15, 0.2) is 77.7 Å². The Morgan fingerprint density at radius 3 is 2.26 bits per heavy atom. The van der Waals surface area contributed by atoms with E-state index in [4.69, 9.17) is 4.74 Å². The van der Waals surface area contributed by atoms with E-state index in [2.05, 4.69) is 0 Å². The second kappa shape index (κ2) is 7.32. The first kappa shape index (κ1) is 20.0. The van der Waals surface area contributed by atoms with Gasteiger partial charge in [-0.2, -0.15) is 4.31 Å². The highest BCUT2D eigenvalue weighted by atomic mass is 32.2. The Balaban J connectivity index is 1.37. The monoisotopic (exact) mass is 433 g/mol. The number of hydrogen-bond acceptors (Lipinski definition) is 4. The average molecular weight is 434 g/mol. The van der Waals surface area contributed by atoms with E-state index in [1.807, 2.05) is 55.5 Å². The summed E-state index contributed by atoms with van der Waals surface area (Å²) in [7, 11) is -3.67. The number of hydrogen-bond donors (Lipinski definition) is 0. The van der Waals surface area contributed by atoms with Crippen LogP contribution in [-0.2, 0) is 10.0 Å². The summed E-state index contributed by atoms with van der Waals surface area (Å²) in [5, 5.41) is 0. The molecule has 0 N–H and O–H groups in total. The van der Waals surface area contributed by atoms with Gasteiger partial charge in [-0.15, -0.1) is 0 Å². The molecule has 3 aromatic rings. The Kier molecular flexibility index (Phi) is 4.72. The fourth-order valence-corrected chi connectivity index (χ4v) is 5.91. The topological polar surface area (TPSA) is 63.7 Å². The number of para-hydroxylation sites is 1. The number of ketones is 1. The molecule has 5 nitrogen and oxygen atoms in total. The van der Waals surface area contributed by atoms with Crippen LogP contribution in [-0.4, -0.2) is 37.2 Å². The molecule has 1 fully saturated rings. The standard InChI is InChI=1S/C25H23NO4S/c1-18-6-8-19(9-7-18)20-10-12-21(13-11-20)31(28,29)26-15-14-25(17-26)16-23(27)22-4-2-3-5-24(22)30-25/h2-13H,14-17H2,1H3. The SMILES string of the molecule is Cc1ccc(-c2ccc(S(=O)(=O)N3CCC4(CC(=O)c5ccccc5O4)C3)cc2)cc1. The van der Waals surface area contributed by atoms with Crippen molar-refractivity contribution in [3.05, 3.63) is 83.9 Å². The minimum absolute atomic E-state index is 0.00329. The zero-order valence-corrected chi connectivity index (χ0v) is 18.1. The fourth-order valence-electron chi connectivity index (χ4n) is 4.40. The minimum atomic E-state index is -3.67. The van der Waals surface area contributed by atoms with Gasteiger partial charge in [0, 0.05) is 13.0 Å². The Morgan fingerprint density at radius 1 is 0.903 bits per heavy atom. The Morgan fingerprint density at radius 2 is 1.55 bits per heavy atom. The molecule has 3 aromatic carbocycles. The Labute approximate surface area is 182 Å². The van der Waals surface area contributed by atoms with Gasteiger partial charge in [0.05, 0.1) is 23.4 Å². The first-order valence-corrected chi connectivity index (χ1v) is 11.8. The van der Waals surface area contributed by atoms with Crippen molar-refractivity contribution in [3.8, 4) is 16.9 Å². The predicted molar refractivity (Wildman–Crippen MR) is 119 cm³/mol. The van der Waals surface area contributed by atoms with Crippen molar-refractivity contribution in [2.24, 2.45) is 0 Å². The van der Waals surface area contributed by atoms with Gasteiger partial charge in [0.25, 0.3) is 0 Å². The number of Topliss-reactive ketones (excluding diaryl/α,β-unsaturated/α-hetero) is 1. The van der Waals surface area contributed by atoms with Gasteiger partial charge in [-0.25, -0.2) is 8.42 Å². The molecule has 6 heteroatoms. The van der Waals surface area contributed by atoms with Crippen LogP contribution in [0.1, 0.15) is 28.8 Å². The molecule has 0 aromatic heterocycles. The highest BCUT2D eigenvalue weighted by Crippen LogP contribution is 2.40. The Bertz CT molecular complexity index is 1250. The quantitative estimate of drug-likeness (QED) is 0.612. The van der Waals surface area contributed by atoms with Crippen LogP contribution >= 0.6 is 0 Å². The highest BCUT2D eigenvalue weighted by Gasteiger charge is 2.48. The lowest BCUT2D eigenvalue weighted by molar-refractivity contribution is 0.0498. The highest BCUT2D eigenvalue weighted by molar-refractivity contribution is 7.89. The van der Waals surface area contributed by atoms with E-state index in [0.29, 0.717) is 24.3 Å². The molecule has 0 bridgehead atoms. The number of carbonyl (C=O) groups excluding carboxylic acids is 1. The zero-order valence-electron chi connectivity index (χ0n) is 17.2. The number of ether oxygens (including phenoxy) is 1. The summed E-state index contributed by atoms with van der Waals surface area (Å²) in [5.74, 6) is 0.545. The zero-order chi connectivity index (χ0) is 21.6. The molecule has 2 aliphatic rings. The van der Waals surface area contributed by atoms with Crippen LogP contribution < -0.4 is 4.74 Å². The predicted octanol–water partition coefficient (Wildman–Crippen LogP) is 4.46. The van der Waals surface area contributed by atoms with Gasteiger partial charge in [0.15, 0.2) is 5.78 Å². The summed E-state index contributed by atoms with van der Waals surface area (Å²) in [6.07, 6.45) is 0.691. The fraction of sp³-hybridized carbons (Fsp3) is 0.240. The first-order chi connectivity index (χ1) is 14.9. The molecule has 1 atom stereocenters. The summed E-state index contributed by atoms with van der Waals surface area (Å²) >= 11 is 0. The smallest absolute Gasteiger partial charge is 0.243 e. The van der Waals surface area contributed by atoms with Gasteiger partial charge in [-0.05, 0) is 42.3 Å². The van der Waals surface area contributed by atoms with Gasteiger partial charge >= 0.3 is 0 Å². The number of aryl methyl sites for hydroxylation is 1. The van der Waals surface area contributed by atoms with E-state index < -0.39 is 15.6 Å². The van der Waals surface area contributed by atoms with Crippen molar-refractivity contribution < 1.29 is 17.9 Å². The molecule has 31 heavy (non-hydrogen) atoms. The third-order valence-corrected chi connectivity index (χ3v) is 8.01. The number of sulfonamides is 1. The molecule has 1 unspecified atom stereocenters. The van der Waals surface area contributed by atoms with Crippen LogP contribution in [0.2, 0.25) is 0 Å². The molecule has 5 rings (SSSR count). The van der Waals surface area contributed by atoms with E-state index >= 15 is 0 Å². The van der Waals surface area contributed by atoms with Crippen molar-refractivity contribution in [1.29, 1.82) is 0 Å². The van der Waals surface area contributed by atoms with Gasteiger partial charge in [0.2, 0.25) is 10.0 Å². The number of fused-ring (bicyclic) bond motifs is 1. The average Bonchev–Trinajstić information content (AvgIpc) is 3.18. The van der Waals surface area contributed by atoms with E-state index in [9.17, 15) is 13.2 Å². The number of rotatable bonds is 3. The largest absolute Gasteiger partial charge is 0.485 e. The van der Waals surface area contributed by atoms with Crippen molar-refractivity contribution >= 4 is 15.8 Å². The van der Waals surface area contributed by atoms with Crippen LogP contribution in [0.5, 0.6) is 5.75 Å². The van der Waals surface area contributed by atoms with E-state index in [0.717, 1.165) is 11.1 Å². The summed E-state index contributed by atoms with van der Waals surface area (Å²) in [4.78, 5) is 12.9. The van der Waals surface area contributed by atoms with Crippen LogP contribution in [0.4, 0.5) is 0 Å².